The van der Waals surface area contributed by atoms with Crippen molar-refractivity contribution in [3.8, 4) is 0 Å². The summed E-state index contributed by atoms with van der Waals surface area (Å²) in [4.78, 5) is 2.33. The Morgan fingerprint density at radius 1 is 1.12 bits per heavy atom. The van der Waals surface area contributed by atoms with E-state index in [0.29, 0.717) is 6.61 Å². The third kappa shape index (κ3) is 2.72. The molecule has 0 spiro atoms. The summed E-state index contributed by atoms with van der Waals surface area (Å²) in [5, 5.41) is 0. The summed E-state index contributed by atoms with van der Waals surface area (Å²) < 4.78 is 31.2. The van der Waals surface area contributed by atoms with Crippen LogP contribution in [0.3, 0.4) is 0 Å². The number of likely N-dealkylation sites (tertiary alicyclic amines) is 1. The Morgan fingerprint density at radius 3 is 2.25 bits per heavy atom. The summed E-state index contributed by atoms with van der Waals surface area (Å²) in [6, 6.07) is 0. The van der Waals surface area contributed by atoms with Crippen molar-refractivity contribution in [2.45, 2.75) is 38.0 Å². The molecule has 1 saturated carbocycles. The van der Waals surface area contributed by atoms with Gasteiger partial charge in [-0.2, -0.15) is 0 Å². The minimum atomic E-state index is -2.45. The normalized spacial score (nSPS) is 28.7. The number of ether oxygens (including phenoxy) is 1. The van der Waals surface area contributed by atoms with Gasteiger partial charge in [-0.25, -0.2) is 8.78 Å². The lowest BCUT2D eigenvalue weighted by molar-refractivity contribution is -0.187. The Labute approximate surface area is 95.9 Å². The van der Waals surface area contributed by atoms with E-state index in [0.717, 1.165) is 19.6 Å². The molecule has 2 aliphatic rings. The van der Waals surface area contributed by atoms with Crippen molar-refractivity contribution in [3.05, 3.63) is 0 Å². The molecule has 94 valence electrons. The average molecular weight is 233 g/mol. The molecule has 0 N–H and O–H groups in total. The lowest BCUT2D eigenvalue weighted by Crippen LogP contribution is -2.55. The maximum atomic E-state index is 13.0. The van der Waals surface area contributed by atoms with E-state index in [1.807, 2.05) is 0 Å². The van der Waals surface area contributed by atoms with Crippen LogP contribution < -0.4 is 0 Å². The molecular formula is C12H21F2NO. The van der Waals surface area contributed by atoms with Crippen LogP contribution in [0.1, 0.15) is 32.1 Å². The average Bonchev–Trinajstić information content (AvgIpc) is 2.16. The predicted octanol–water partition coefficient (Wildman–Crippen LogP) is 2.53. The van der Waals surface area contributed by atoms with Gasteiger partial charge in [0.2, 0.25) is 5.92 Å². The standard InChI is InChI=1S/C12H21F2NO/c1-16-10-11(7-12(13,14)8-11)9-15-5-3-2-4-6-15/h2-10H2,1H3. The van der Waals surface area contributed by atoms with Crippen LogP contribution in [0, 0.1) is 5.41 Å². The van der Waals surface area contributed by atoms with Gasteiger partial charge in [0.15, 0.2) is 0 Å². The number of piperidine rings is 1. The zero-order valence-corrected chi connectivity index (χ0v) is 9.98. The van der Waals surface area contributed by atoms with Gasteiger partial charge in [0.25, 0.3) is 0 Å². The topological polar surface area (TPSA) is 12.5 Å². The first-order valence-electron chi connectivity index (χ1n) is 6.14. The molecule has 0 aromatic carbocycles. The number of methoxy groups -OCH3 is 1. The molecule has 0 aromatic rings. The second-order valence-electron chi connectivity index (χ2n) is 5.48. The zero-order chi connectivity index (χ0) is 11.6. The van der Waals surface area contributed by atoms with E-state index in [1.54, 1.807) is 7.11 Å². The number of hydrogen-bond donors (Lipinski definition) is 0. The molecule has 0 unspecified atom stereocenters. The lowest BCUT2D eigenvalue weighted by atomic mass is 9.66. The Kier molecular flexibility index (Phi) is 3.50. The molecule has 0 amide bonds. The second-order valence-corrected chi connectivity index (χ2v) is 5.48. The van der Waals surface area contributed by atoms with Crippen LogP contribution in [-0.4, -0.2) is 44.2 Å². The van der Waals surface area contributed by atoms with Crippen molar-refractivity contribution in [1.82, 2.24) is 4.90 Å². The highest BCUT2D eigenvalue weighted by Crippen LogP contribution is 2.52. The lowest BCUT2D eigenvalue weighted by Gasteiger charge is -2.49. The quantitative estimate of drug-likeness (QED) is 0.740. The van der Waals surface area contributed by atoms with Crippen molar-refractivity contribution in [2.75, 3.05) is 33.4 Å². The van der Waals surface area contributed by atoms with E-state index in [1.165, 1.54) is 19.3 Å². The molecule has 1 saturated heterocycles. The Hall–Kier alpha value is -0.220. The molecule has 1 aliphatic carbocycles. The SMILES string of the molecule is COCC1(CN2CCCCC2)CC(F)(F)C1. The smallest absolute Gasteiger partial charge is 0.249 e. The van der Waals surface area contributed by atoms with E-state index < -0.39 is 5.92 Å². The molecule has 0 bridgehead atoms. The monoisotopic (exact) mass is 233 g/mol. The first-order chi connectivity index (χ1) is 7.55. The van der Waals surface area contributed by atoms with Gasteiger partial charge in [-0.1, -0.05) is 6.42 Å². The molecule has 1 aliphatic heterocycles. The molecule has 0 radical (unpaired) electrons. The molecule has 16 heavy (non-hydrogen) atoms. The van der Waals surface area contributed by atoms with Gasteiger partial charge >= 0.3 is 0 Å². The van der Waals surface area contributed by atoms with Crippen LogP contribution in [0.4, 0.5) is 8.78 Å². The number of hydrogen-bond acceptors (Lipinski definition) is 2. The first kappa shape index (κ1) is 12.2. The summed E-state index contributed by atoms with van der Waals surface area (Å²) in [5.74, 6) is -2.45. The van der Waals surface area contributed by atoms with Crippen molar-refractivity contribution in [2.24, 2.45) is 5.41 Å². The van der Waals surface area contributed by atoms with Crippen molar-refractivity contribution in [3.63, 3.8) is 0 Å². The van der Waals surface area contributed by atoms with Crippen molar-refractivity contribution >= 4 is 0 Å². The summed E-state index contributed by atoms with van der Waals surface area (Å²) >= 11 is 0. The number of alkyl halides is 2. The third-order valence-electron chi connectivity index (χ3n) is 3.73. The first-order valence-corrected chi connectivity index (χ1v) is 6.14. The second kappa shape index (κ2) is 4.57. The molecule has 2 rings (SSSR count). The Morgan fingerprint density at radius 2 is 1.75 bits per heavy atom. The Balaban J connectivity index is 1.88. The fraction of sp³-hybridized carbons (Fsp3) is 1.00. The highest BCUT2D eigenvalue weighted by atomic mass is 19.3. The van der Waals surface area contributed by atoms with Gasteiger partial charge in [-0.15, -0.1) is 0 Å². The van der Waals surface area contributed by atoms with Crippen LogP contribution in [0.5, 0.6) is 0 Å². The molecule has 0 atom stereocenters. The van der Waals surface area contributed by atoms with Gasteiger partial charge in [0, 0.05) is 31.9 Å². The van der Waals surface area contributed by atoms with Crippen LogP contribution in [0.15, 0.2) is 0 Å². The minimum absolute atomic E-state index is 0.00431. The van der Waals surface area contributed by atoms with E-state index >= 15 is 0 Å². The largest absolute Gasteiger partial charge is 0.384 e. The maximum Gasteiger partial charge on any atom is 0.249 e. The highest BCUT2D eigenvalue weighted by Gasteiger charge is 2.56. The van der Waals surface area contributed by atoms with E-state index in [2.05, 4.69) is 4.90 Å². The zero-order valence-electron chi connectivity index (χ0n) is 9.98. The summed E-state index contributed by atoms with van der Waals surface area (Å²) in [6.07, 6.45) is 3.71. The van der Waals surface area contributed by atoms with E-state index in [-0.39, 0.29) is 18.3 Å². The molecule has 0 aromatic heterocycles. The van der Waals surface area contributed by atoms with Gasteiger partial charge in [-0.3, -0.25) is 0 Å². The fourth-order valence-electron chi connectivity index (χ4n) is 3.20. The number of rotatable bonds is 4. The van der Waals surface area contributed by atoms with Crippen molar-refractivity contribution < 1.29 is 13.5 Å². The molecular weight excluding hydrogens is 212 g/mol. The van der Waals surface area contributed by atoms with Gasteiger partial charge < -0.3 is 9.64 Å². The predicted molar refractivity (Wildman–Crippen MR) is 58.8 cm³/mol. The molecule has 4 heteroatoms. The Bertz CT molecular complexity index is 231. The minimum Gasteiger partial charge on any atom is -0.384 e. The summed E-state index contributed by atoms with van der Waals surface area (Å²) in [5.41, 5.74) is -0.282. The third-order valence-corrected chi connectivity index (χ3v) is 3.73. The van der Waals surface area contributed by atoms with Crippen LogP contribution in [0.2, 0.25) is 0 Å². The summed E-state index contributed by atoms with van der Waals surface area (Å²) in [7, 11) is 1.61. The molecule has 2 nitrogen and oxygen atoms in total. The van der Waals surface area contributed by atoms with Crippen LogP contribution in [0.25, 0.3) is 0 Å². The van der Waals surface area contributed by atoms with Crippen LogP contribution in [-0.2, 0) is 4.74 Å². The van der Waals surface area contributed by atoms with Gasteiger partial charge in [0.1, 0.15) is 0 Å². The van der Waals surface area contributed by atoms with E-state index in [9.17, 15) is 8.78 Å². The molecule has 2 fully saturated rings. The maximum absolute atomic E-state index is 13.0. The van der Waals surface area contributed by atoms with Crippen LogP contribution >= 0.6 is 0 Å². The van der Waals surface area contributed by atoms with Gasteiger partial charge in [0.05, 0.1) is 6.61 Å². The fourth-order valence-corrected chi connectivity index (χ4v) is 3.20. The number of halogens is 2. The summed E-state index contributed by atoms with van der Waals surface area (Å²) in [6.45, 7) is 3.39. The highest BCUT2D eigenvalue weighted by molar-refractivity contribution is 5.00. The van der Waals surface area contributed by atoms with E-state index in [4.69, 9.17) is 4.74 Å². The van der Waals surface area contributed by atoms with Gasteiger partial charge in [-0.05, 0) is 25.9 Å². The number of nitrogens with zero attached hydrogens (tertiary/aromatic N) is 1. The molecule has 1 heterocycles. The van der Waals surface area contributed by atoms with Crippen molar-refractivity contribution in [1.29, 1.82) is 0 Å².